The number of halogens is 1. The van der Waals surface area contributed by atoms with Gasteiger partial charge in [0.15, 0.2) is 6.07 Å². The van der Waals surface area contributed by atoms with E-state index < -0.39 is 17.5 Å². The van der Waals surface area contributed by atoms with Crippen LogP contribution in [-0.4, -0.2) is 23.6 Å². The van der Waals surface area contributed by atoms with Gasteiger partial charge in [-0.2, -0.15) is 0 Å². The molecule has 0 aliphatic heterocycles. The summed E-state index contributed by atoms with van der Waals surface area (Å²) in [6, 6.07) is -0.186. The number of hydrogen-bond donors (Lipinski definition) is 0. The molecule has 0 amide bonds. The van der Waals surface area contributed by atoms with Crippen molar-refractivity contribution in [2.45, 2.75) is 45.6 Å². The highest BCUT2D eigenvalue weighted by Crippen LogP contribution is 2.14. The fraction of sp³-hybridized carbons (Fsp3) is 0.800. The van der Waals surface area contributed by atoms with Gasteiger partial charge in [0.25, 0.3) is 0 Å². The smallest absolute Gasteiger partial charge is 0.307 e. The molecule has 0 spiro atoms. The molecule has 5 heteroatoms. The Balaban J connectivity index is 3.80. The zero-order chi connectivity index (χ0) is 11.9. The summed E-state index contributed by atoms with van der Waals surface area (Å²) >= 11 is 5.18. The molecule has 0 atom stereocenters. The first kappa shape index (κ1) is 14.2. The molecule has 0 unspecified atom stereocenters. The standard InChI is InChI=1S/C10H17ClO4/c1-4-10(2,3)15-9(13)6-5-8(12)14-7-11/h4-7H2,1-3H3. The predicted molar refractivity (Wildman–Crippen MR) is 56.5 cm³/mol. The fourth-order valence-corrected chi connectivity index (χ4v) is 0.890. The highest BCUT2D eigenvalue weighted by atomic mass is 35.5. The van der Waals surface area contributed by atoms with Crippen molar-refractivity contribution in [2.24, 2.45) is 0 Å². The monoisotopic (exact) mass is 236 g/mol. The fourth-order valence-electron chi connectivity index (χ4n) is 0.769. The lowest BCUT2D eigenvalue weighted by atomic mass is 10.1. The van der Waals surface area contributed by atoms with Crippen molar-refractivity contribution >= 4 is 23.5 Å². The number of carbonyl (C=O) groups is 2. The molecule has 0 aromatic rings. The highest BCUT2D eigenvalue weighted by molar-refractivity contribution is 6.17. The van der Waals surface area contributed by atoms with Crippen LogP contribution in [0, 0.1) is 0 Å². The zero-order valence-electron chi connectivity index (χ0n) is 9.34. The third-order valence-corrected chi connectivity index (χ3v) is 2.10. The normalized spacial score (nSPS) is 10.9. The molecule has 0 rings (SSSR count). The van der Waals surface area contributed by atoms with Gasteiger partial charge in [-0.15, -0.1) is 0 Å². The minimum absolute atomic E-state index is 0.00531. The summed E-state index contributed by atoms with van der Waals surface area (Å²) in [6.45, 7) is 5.57. The lowest BCUT2D eigenvalue weighted by molar-refractivity contribution is -0.159. The van der Waals surface area contributed by atoms with Crippen molar-refractivity contribution in [1.29, 1.82) is 0 Å². The SMILES string of the molecule is CCC(C)(C)OC(=O)CCC(=O)OCCl. The van der Waals surface area contributed by atoms with Gasteiger partial charge in [0.1, 0.15) is 5.60 Å². The Hall–Kier alpha value is -0.770. The van der Waals surface area contributed by atoms with Gasteiger partial charge in [-0.05, 0) is 20.3 Å². The Morgan fingerprint density at radius 2 is 1.73 bits per heavy atom. The van der Waals surface area contributed by atoms with Crippen LogP contribution in [0.2, 0.25) is 0 Å². The summed E-state index contributed by atoms with van der Waals surface area (Å²) < 4.78 is 9.60. The van der Waals surface area contributed by atoms with Crippen LogP contribution in [0.4, 0.5) is 0 Å². The Morgan fingerprint density at radius 3 is 2.20 bits per heavy atom. The van der Waals surface area contributed by atoms with Gasteiger partial charge in [0, 0.05) is 0 Å². The Morgan fingerprint density at radius 1 is 1.20 bits per heavy atom. The molecule has 0 aliphatic rings. The van der Waals surface area contributed by atoms with E-state index >= 15 is 0 Å². The molecule has 4 nitrogen and oxygen atoms in total. The molecule has 0 aliphatic carbocycles. The van der Waals surface area contributed by atoms with Gasteiger partial charge < -0.3 is 9.47 Å². The van der Waals surface area contributed by atoms with Crippen LogP contribution in [0.15, 0.2) is 0 Å². The van der Waals surface area contributed by atoms with Crippen LogP contribution >= 0.6 is 11.6 Å². The average molecular weight is 237 g/mol. The molecule has 0 aromatic heterocycles. The van der Waals surface area contributed by atoms with E-state index in [1.54, 1.807) is 0 Å². The second kappa shape index (κ2) is 6.67. The maximum Gasteiger partial charge on any atom is 0.307 e. The Kier molecular flexibility index (Phi) is 6.32. The van der Waals surface area contributed by atoms with Crippen molar-refractivity contribution in [3.05, 3.63) is 0 Å². The average Bonchev–Trinajstić information content (AvgIpc) is 2.15. The van der Waals surface area contributed by atoms with Crippen LogP contribution in [0.3, 0.4) is 0 Å². The molecular weight excluding hydrogens is 220 g/mol. The van der Waals surface area contributed by atoms with Gasteiger partial charge in [-0.3, -0.25) is 9.59 Å². The summed E-state index contributed by atoms with van der Waals surface area (Å²) in [5.74, 6) is -0.885. The predicted octanol–water partition coefficient (Wildman–Crippen LogP) is 2.24. The van der Waals surface area contributed by atoms with Gasteiger partial charge in [-0.1, -0.05) is 18.5 Å². The van der Waals surface area contributed by atoms with Crippen molar-refractivity contribution in [3.63, 3.8) is 0 Å². The molecule has 0 radical (unpaired) electrons. The molecular formula is C10H17ClO4. The van der Waals surface area contributed by atoms with E-state index in [1.165, 1.54) is 0 Å². The molecule has 0 N–H and O–H groups in total. The minimum atomic E-state index is -0.490. The lowest BCUT2D eigenvalue weighted by Crippen LogP contribution is -2.27. The first-order valence-corrected chi connectivity index (χ1v) is 5.38. The van der Waals surface area contributed by atoms with E-state index in [0.717, 1.165) is 6.42 Å². The van der Waals surface area contributed by atoms with Crippen LogP contribution in [0.1, 0.15) is 40.0 Å². The van der Waals surface area contributed by atoms with Crippen molar-refractivity contribution < 1.29 is 19.1 Å². The topological polar surface area (TPSA) is 52.6 Å². The van der Waals surface area contributed by atoms with Crippen LogP contribution in [0.25, 0.3) is 0 Å². The molecule has 88 valence electrons. The number of carbonyl (C=O) groups excluding carboxylic acids is 2. The number of ether oxygens (including phenoxy) is 2. The molecule has 0 heterocycles. The lowest BCUT2D eigenvalue weighted by Gasteiger charge is -2.23. The summed E-state index contributed by atoms with van der Waals surface area (Å²) in [4.78, 5) is 22.1. The van der Waals surface area contributed by atoms with E-state index in [4.69, 9.17) is 16.3 Å². The number of rotatable bonds is 6. The third kappa shape index (κ3) is 7.19. The van der Waals surface area contributed by atoms with E-state index in [1.807, 2.05) is 20.8 Å². The van der Waals surface area contributed by atoms with Gasteiger partial charge >= 0.3 is 11.9 Å². The molecule has 0 saturated carbocycles. The van der Waals surface area contributed by atoms with E-state index in [0.29, 0.717) is 0 Å². The number of esters is 2. The second-order valence-corrected chi connectivity index (χ2v) is 3.93. The summed E-state index contributed by atoms with van der Waals surface area (Å²) in [6.07, 6.45) is 0.759. The van der Waals surface area contributed by atoms with E-state index in [2.05, 4.69) is 4.74 Å². The summed E-state index contributed by atoms with van der Waals surface area (Å²) in [5, 5.41) is 0. The molecule has 15 heavy (non-hydrogen) atoms. The van der Waals surface area contributed by atoms with Crippen LogP contribution in [-0.2, 0) is 19.1 Å². The van der Waals surface area contributed by atoms with E-state index in [-0.39, 0.29) is 18.9 Å². The van der Waals surface area contributed by atoms with Crippen molar-refractivity contribution in [2.75, 3.05) is 6.07 Å². The third-order valence-electron chi connectivity index (χ3n) is 1.99. The second-order valence-electron chi connectivity index (χ2n) is 3.71. The van der Waals surface area contributed by atoms with Crippen LogP contribution < -0.4 is 0 Å². The molecule has 0 aromatic carbocycles. The summed E-state index contributed by atoms with van der Waals surface area (Å²) in [7, 11) is 0. The Labute approximate surface area is 94.9 Å². The highest BCUT2D eigenvalue weighted by Gasteiger charge is 2.20. The van der Waals surface area contributed by atoms with Crippen molar-refractivity contribution in [1.82, 2.24) is 0 Å². The van der Waals surface area contributed by atoms with Gasteiger partial charge in [-0.25, -0.2) is 0 Å². The maximum atomic E-state index is 11.3. The van der Waals surface area contributed by atoms with Crippen molar-refractivity contribution in [3.8, 4) is 0 Å². The molecule has 0 fully saturated rings. The van der Waals surface area contributed by atoms with E-state index in [9.17, 15) is 9.59 Å². The van der Waals surface area contributed by atoms with Gasteiger partial charge in [0.05, 0.1) is 12.8 Å². The maximum absolute atomic E-state index is 11.3. The molecule has 0 bridgehead atoms. The Bertz CT molecular complexity index is 225. The van der Waals surface area contributed by atoms with Gasteiger partial charge in [0.2, 0.25) is 0 Å². The van der Waals surface area contributed by atoms with Crippen LogP contribution in [0.5, 0.6) is 0 Å². The number of hydrogen-bond acceptors (Lipinski definition) is 4. The minimum Gasteiger partial charge on any atom is -0.460 e. The first-order chi connectivity index (χ1) is 6.91. The first-order valence-electron chi connectivity index (χ1n) is 4.84. The molecule has 0 saturated heterocycles. The zero-order valence-corrected chi connectivity index (χ0v) is 10.1. The largest absolute Gasteiger partial charge is 0.460 e. The quantitative estimate of drug-likeness (QED) is 0.524. The summed E-state index contributed by atoms with van der Waals surface area (Å²) in [5.41, 5.74) is -0.479. The number of alkyl halides is 1.